The number of rotatable bonds is 2. The number of hydrogen-bond acceptors (Lipinski definition) is 3. The second-order valence-corrected chi connectivity index (χ2v) is 4.00. The topological polar surface area (TPSA) is 35.5 Å². The molecular weight excluding hydrogens is 168 g/mol. The molecule has 0 aromatic carbocycles. The van der Waals surface area contributed by atoms with Crippen LogP contribution in [-0.4, -0.2) is 25.3 Å². The van der Waals surface area contributed by atoms with Crippen molar-refractivity contribution < 1.29 is 14.3 Å². The maximum absolute atomic E-state index is 11.6. The Bertz CT molecular complexity index is 241. The summed E-state index contributed by atoms with van der Waals surface area (Å²) < 4.78 is 10.3. The molecule has 3 nitrogen and oxygen atoms in total. The van der Waals surface area contributed by atoms with Gasteiger partial charge >= 0.3 is 5.97 Å². The minimum absolute atomic E-state index is 0.00456. The van der Waals surface area contributed by atoms with Crippen molar-refractivity contribution >= 4 is 5.97 Å². The maximum Gasteiger partial charge on any atom is 0.317 e. The number of esters is 1. The highest BCUT2D eigenvalue weighted by Gasteiger charge is 2.43. The van der Waals surface area contributed by atoms with Crippen LogP contribution in [0.15, 0.2) is 12.2 Å². The summed E-state index contributed by atoms with van der Waals surface area (Å²) in [7, 11) is 0. The van der Waals surface area contributed by atoms with Gasteiger partial charge in [-0.15, -0.1) is 0 Å². The summed E-state index contributed by atoms with van der Waals surface area (Å²) in [6, 6.07) is 0. The van der Waals surface area contributed by atoms with Gasteiger partial charge in [0.15, 0.2) is 0 Å². The number of carbonyl (C=O) groups excluding carboxylic acids is 1. The van der Waals surface area contributed by atoms with Crippen LogP contribution in [0.1, 0.15) is 19.8 Å². The molecule has 2 rings (SSSR count). The van der Waals surface area contributed by atoms with Crippen molar-refractivity contribution in [3.8, 4) is 0 Å². The van der Waals surface area contributed by atoms with Crippen LogP contribution in [0.25, 0.3) is 0 Å². The fraction of sp³-hybridized carbons (Fsp3) is 0.700. The molecule has 0 saturated carbocycles. The van der Waals surface area contributed by atoms with E-state index in [0.29, 0.717) is 13.2 Å². The molecule has 3 heteroatoms. The lowest BCUT2D eigenvalue weighted by atomic mass is 9.89. The van der Waals surface area contributed by atoms with E-state index in [2.05, 4.69) is 6.08 Å². The number of allylic oxidation sites excluding steroid dienone is 1. The summed E-state index contributed by atoms with van der Waals surface area (Å²) in [5.41, 5.74) is -0.379. The summed E-state index contributed by atoms with van der Waals surface area (Å²) in [4.78, 5) is 11.6. The Kier molecular flexibility index (Phi) is 2.12. The highest BCUT2D eigenvalue weighted by atomic mass is 16.6. The zero-order valence-corrected chi connectivity index (χ0v) is 7.79. The normalized spacial score (nSPS) is 29.8. The highest BCUT2D eigenvalue weighted by molar-refractivity contribution is 5.77. The van der Waals surface area contributed by atoms with E-state index in [1.165, 1.54) is 0 Å². The lowest BCUT2D eigenvalue weighted by Crippen LogP contribution is -2.48. The summed E-state index contributed by atoms with van der Waals surface area (Å²) in [6.45, 7) is 2.89. The molecule has 0 amide bonds. The molecule has 1 aliphatic heterocycles. The zero-order chi connectivity index (χ0) is 9.31. The van der Waals surface area contributed by atoms with Crippen LogP contribution in [-0.2, 0) is 14.3 Å². The van der Waals surface area contributed by atoms with E-state index in [-0.39, 0.29) is 17.5 Å². The van der Waals surface area contributed by atoms with E-state index >= 15 is 0 Å². The van der Waals surface area contributed by atoms with Gasteiger partial charge in [0.1, 0.15) is 11.5 Å². The monoisotopic (exact) mass is 182 g/mol. The van der Waals surface area contributed by atoms with E-state index in [4.69, 9.17) is 9.47 Å². The van der Waals surface area contributed by atoms with Crippen LogP contribution in [0.4, 0.5) is 0 Å². The van der Waals surface area contributed by atoms with Crippen LogP contribution in [0.3, 0.4) is 0 Å². The molecule has 1 saturated heterocycles. The van der Waals surface area contributed by atoms with E-state index in [1.807, 2.05) is 13.0 Å². The summed E-state index contributed by atoms with van der Waals surface area (Å²) in [5.74, 6) is -0.115. The molecule has 0 spiro atoms. The molecular formula is C10H14O3. The molecule has 0 radical (unpaired) electrons. The van der Waals surface area contributed by atoms with Gasteiger partial charge in [-0.3, -0.25) is 4.79 Å². The second kappa shape index (κ2) is 3.14. The zero-order valence-electron chi connectivity index (χ0n) is 7.79. The first-order valence-electron chi connectivity index (χ1n) is 4.66. The van der Waals surface area contributed by atoms with Crippen molar-refractivity contribution in [1.29, 1.82) is 0 Å². The molecule has 0 aromatic heterocycles. The van der Waals surface area contributed by atoms with E-state index in [1.54, 1.807) is 0 Å². The molecule has 1 aliphatic carbocycles. The standard InChI is InChI=1S/C10H14O3/c1-10(6-12-7-10)9(11)13-8-4-2-3-5-8/h2,4,8H,3,5-7H2,1H3. The number of ether oxygens (including phenoxy) is 2. The van der Waals surface area contributed by atoms with Gasteiger partial charge in [-0.2, -0.15) is 0 Å². The smallest absolute Gasteiger partial charge is 0.317 e. The van der Waals surface area contributed by atoms with Crippen molar-refractivity contribution in [2.24, 2.45) is 5.41 Å². The lowest BCUT2D eigenvalue weighted by Gasteiger charge is -2.35. The van der Waals surface area contributed by atoms with Crippen LogP contribution in [0, 0.1) is 5.41 Å². The summed E-state index contributed by atoms with van der Waals surface area (Å²) >= 11 is 0. The Hall–Kier alpha value is -0.830. The Morgan fingerprint density at radius 2 is 2.38 bits per heavy atom. The molecule has 0 aromatic rings. The van der Waals surface area contributed by atoms with Crippen LogP contribution in [0.5, 0.6) is 0 Å². The average molecular weight is 182 g/mol. The number of hydrogen-bond donors (Lipinski definition) is 0. The Morgan fingerprint density at radius 1 is 1.62 bits per heavy atom. The van der Waals surface area contributed by atoms with Crippen LogP contribution in [0.2, 0.25) is 0 Å². The minimum Gasteiger partial charge on any atom is -0.458 e. The predicted molar refractivity (Wildman–Crippen MR) is 47.2 cm³/mol. The summed E-state index contributed by atoms with van der Waals surface area (Å²) in [6.07, 6.45) is 5.97. The Morgan fingerprint density at radius 3 is 2.85 bits per heavy atom. The molecule has 2 aliphatic rings. The maximum atomic E-state index is 11.6. The second-order valence-electron chi connectivity index (χ2n) is 4.00. The SMILES string of the molecule is CC1(C(=O)OC2C=CCC2)COC1. The third-order valence-corrected chi connectivity index (χ3v) is 2.56. The van der Waals surface area contributed by atoms with Crippen LogP contribution >= 0.6 is 0 Å². The Labute approximate surface area is 77.7 Å². The predicted octanol–water partition coefficient (Wildman–Crippen LogP) is 1.28. The van der Waals surface area contributed by atoms with Crippen LogP contribution < -0.4 is 0 Å². The molecule has 1 heterocycles. The van der Waals surface area contributed by atoms with Crippen molar-refractivity contribution in [3.63, 3.8) is 0 Å². The first-order valence-corrected chi connectivity index (χ1v) is 4.66. The van der Waals surface area contributed by atoms with Gasteiger partial charge in [0.05, 0.1) is 13.2 Å². The Balaban J connectivity index is 1.87. The average Bonchev–Trinajstić information content (AvgIpc) is 2.52. The first kappa shape index (κ1) is 8.75. The van der Waals surface area contributed by atoms with Gasteiger partial charge in [-0.25, -0.2) is 0 Å². The molecule has 1 fully saturated rings. The first-order chi connectivity index (χ1) is 6.21. The van der Waals surface area contributed by atoms with E-state index in [9.17, 15) is 4.79 Å². The van der Waals surface area contributed by atoms with Gasteiger partial charge in [0, 0.05) is 0 Å². The molecule has 1 unspecified atom stereocenters. The third-order valence-electron chi connectivity index (χ3n) is 2.56. The van der Waals surface area contributed by atoms with E-state index < -0.39 is 0 Å². The highest BCUT2D eigenvalue weighted by Crippen LogP contribution is 2.29. The molecule has 72 valence electrons. The largest absolute Gasteiger partial charge is 0.458 e. The fourth-order valence-electron chi connectivity index (χ4n) is 1.51. The number of carbonyl (C=O) groups is 1. The van der Waals surface area contributed by atoms with Crippen molar-refractivity contribution in [1.82, 2.24) is 0 Å². The van der Waals surface area contributed by atoms with Gasteiger partial charge < -0.3 is 9.47 Å². The molecule has 1 atom stereocenters. The third kappa shape index (κ3) is 1.61. The van der Waals surface area contributed by atoms with Crippen molar-refractivity contribution in [2.45, 2.75) is 25.9 Å². The minimum atomic E-state index is -0.379. The van der Waals surface area contributed by atoms with Gasteiger partial charge in [0.2, 0.25) is 0 Å². The quantitative estimate of drug-likeness (QED) is 0.476. The summed E-state index contributed by atoms with van der Waals surface area (Å²) in [5, 5.41) is 0. The van der Waals surface area contributed by atoms with Crippen molar-refractivity contribution in [2.75, 3.05) is 13.2 Å². The van der Waals surface area contributed by atoms with Gasteiger partial charge in [-0.1, -0.05) is 6.08 Å². The molecule has 0 bridgehead atoms. The van der Waals surface area contributed by atoms with Gasteiger partial charge in [-0.05, 0) is 25.8 Å². The van der Waals surface area contributed by atoms with Crippen molar-refractivity contribution in [3.05, 3.63) is 12.2 Å². The fourth-order valence-corrected chi connectivity index (χ4v) is 1.51. The molecule has 13 heavy (non-hydrogen) atoms. The lowest BCUT2D eigenvalue weighted by molar-refractivity contribution is -0.185. The molecule has 0 N–H and O–H groups in total. The van der Waals surface area contributed by atoms with Gasteiger partial charge in [0.25, 0.3) is 0 Å². The van der Waals surface area contributed by atoms with E-state index in [0.717, 1.165) is 12.8 Å².